The molecule has 0 aromatic rings. The summed E-state index contributed by atoms with van der Waals surface area (Å²) in [7, 11) is 0. The average molecular weight is 203 g/mol. The Hall–Kier alpha value is -0.810. The summed E-state index contributed by atoms with van der Waals surface area (Å²) >= 11 is 0. The molecule has 1 saturated heterocycles. The van der Waals surface area contributed by atoms with Gasteiger partial charge < -0.3 is 9.84 Å². The molecule has 0 saturated carbocycles. The molecule has 82 valence electrons. The second-order valence-corrected chi connectivity index (χ2v) is 3.80. The monoisotopic (exact) mass is 203 g/mol. The Morgan fingerprint density at radius 2 is 2.43 bits per heavy atom. The van der Waals surface area contributed by atoms with Gasteiger partial charge in [-0.1, -0.05) is 0 Å². The molecule has 0 aliphatic carbocycles. The Bertz CT molecular complexity index is 191. The molecule has 1 unspecified atom stereocenters. The first-order chi connectivity index (χ1) is 6.61. The van der Waals surface area contributed by atoms with Crippen molar-refractivity contribution >= 4 is 6.09 Å². The Morgan fingerprint density at radius 3 is 2.93 bits per heavy atom. The molecule has 5 nitrogen and oxygen atoms in total. The Balaban J connectivity index is 2.31. The van der Waals surface area contributed by atoms with E-state index in [9.17, 15) is 4.79 Å². The largest absolute Gasteiger partial charge is 0.463 e. The van der Waals surface area contributed by atoms with Crippen molar-refractivity contribution in [2.24, 2.45) is 5.92 Å². The molecule has 14 heavy (non-hydrogen) atoms. The van der Waals surface area contributed by atoms with Crippen LogP contribution in [0.15, 0.2) is 0 Å². The van der Waals surface area contributed by atoms with Gasteiger partial charge in [0.1, 0.15) is 0 Å². The topological polar surface area (TPSA) is 70.0 Å². The lowest BCUT2D eigenvalue weighted by Crippen LogP contribution is -2.37. The SMILES string of the molecule is CC(C[C@H]1CCCOC1)N(O)C(=O)O. The smallest absolute Gasteiger partial charge is 0.431 e. The maximum Gasteiger partial charge on any atom is 0.431 e. The van der Waals surface area contributed by atoms with Crippen molar-refractivity contribution in [3.05, 3.63) is 0 Å². The van der Waals surface area contributed by atoms with Gasteiger partial charge in [0.15, 0.2) is 0 Å². The van der Waals surface area contributed by atoms with Crippen LogP contribution < -0.4 is 0 Å². The lowest BCUT2D eigenvalue weighted by atomic mass is 9.95. The standard InChI is InChI=1S/C9H17NO4/c1-7(10(13)9(11)12)5-8-3-2-4-14-6-8/h7-8,13H,2-6H2,1H3,(H,11,12)/t7?,8-/m1/s1. The van der Waals surface area contributed by atoms with Crippen molar-refractivity contribution in [3.8, 4) is 0 Å². The van der Waals surface area contributed by atoms with E-state index in [4.69, 9.17) is 15.1 Å². The van der Waals surface area contributed by atoms with Gasteiger partial charge in [0, 0.05) is 13.2 Å². The van der Waals surface area contributed by atoms with E-state index in [2.05, 4.69) is 0 Å². The molecule has 1 amide bonds. The van der Waals surface area contributed by atoms with Gasteiger partial charge in [-0.05, 0) is 32.1 Å². The van der Waals surface area contributed by atoms with Crippen LogP contribution in [0.4, 0.5) is 4.79 Å². The van der Waals surface area contributed by atoms with Gasteiger partial charge in [0.25, 0.3) is 0 Å². The predicted molar refractivity (Wildman–Crippen MR) is 49.3 cm³/mol. The van der Waals surface area contributed by atoms with Gasteiger partial charge >= 0.3 is 6.09 Å². The first-order valence-corrected chi connectivity index (χ1v) is 4.90. The molecular weight excluding hydrogens is 186 g/mol. The summed E-state index contributed by atoms with van der Waals surface area (Å²) in [5, 5.41) is 18.0. The average Bonchev–Trinajstić information content (AvgIpc) is 2.18. The second kappa shape index (κ2) is 5.17. The molecule has 2 atom stereocenters. The van der Waals surface area contributed by atoms with Gasteiger partial charge in [-0.15, -0.1) is 0 Å². The molecule has 1 fully saturated rings. The molecule has 0 aromatic carbocycles. The third-order valence-electron chi connectivity index (χ3n) is 2.54. The molecule has 1 heterocycles. The number of amides is 1. The minimum absolute atomic E-state index is 0.362. The van der Waals surface area contributed by atoms with E-state index in [1.807, 2.05) is 0 Å². The molecule has 0 spiro atoms. The third-order valence-corrected chi connectivity index (χ3v) is 2.54. The number of rotatable bonds is 3. The number of ether oxygens (including phenoxy) is 1. The molecule has 0 bridgehead atoms. The third kappa shape index (κ3) is 3.16. The van der Waals surface area contributed by atoms with Crippen LogP contribution in [-0.2, 0) is 4.74 Å². The fraction of sp³-hybridized carbons (Fsp3) is 0.889. The van der Waals surface area contributed by atoms with Crippen LogP contribution >= 0.6 is 0 Å². The highest BCUT2D eigenvalue weighted by Crippen LogP contribution is 2.20. The van der Waals surface area contributed by atoms with Crippen molar-refractivity contribution in [2.45, 2.75) is 32.2 Å². The van der Waals surface area contributed by atoms with Gasteiger partial charge in [-0.3, -0.25) is 5.21 Å². The summed E-state index contributed by atoms with van der Waals surface area (Å²) in [5.74, 6) is 0.368. The fourth-order valence-corrected chi connectivity index (χ4v) is 1.76. The highest BCUT2D eigenvalue weighted by Gasteiger charge is 2.22. The van der Waals surface area contributed by atoms with Crippen LogP contribution in [0.3, 0.4) is 0 Å². The minimum atomic E-state index is -1.30. The van der Waals surface area contributed by atoms with Crippen molar-refractivity contribution < 1.29 is 19.8 Å². The van der Waals surface area contributed by atoms with Gasteiger partial charge in [0.05, 0.1) is 6.04 Å². The zero-order valence-electron chi connectivity index (χ0n) is 8.35. The normalized spacial score (nSPS) is 24.3. The van der Waals surface area contributed by atoms with E-state index in [0.29, 0.717) is 24.0 Å². The van der Waals surface area contributed by atoms with Crippen LogP contribution in [0.1, 0.15) is 26.2 Å². The number of hydrogen-bond acceptors (Lipinski definition) is 3. The molecule has 1 aliphatic rings. The second-order valence-electron chi connectivity index (χ2n) is 3.80. The molecular formula is C9H17NO4. The first kappa shape index (κ1) is 11.3. The predicted octanol–water partition coefficient (Wildman–Crippen LogP) is 1.56. The van der Waals surface area contributed by atoms with Gasteiger partial charge in [0.2, 0.25) is 0 Å². The van der Waals surface area contributed by atoms with E-state index >= 15 is 0 Å². The summed E-state index contributed by atoms with van der Waals surface area (Å²) in [6.07, 6.45) is 1.44. The van der Waals surface area contributed by atoms with E-state index in [0.717, 1.165) is 19.4 Å². The molecule has 0 aromatic heterocycles. The van der Waals surface area contributed by atoms with Crippen LogP contribution in [-0.4, -0.2) is 40.7 Å². The van der Waals surface area contributed by atoms with E-state index in [1.165, 1.54) is 0 Å². The Kier molecular flexibility index (Phi) is 4.16. The summed E-state index contributed by atoms with van der Waals surface area (Å²) in [6, 6.07) is -0.362. The molecule has 5 heteroatoms. The first-order valence-electron chi connectivity index (χ1n) is 4.90. The lowest BCUT2D eigenvalue weighted by molar-refractivity contribution is -0.100. The zero-order chi connectivity index (χ0) is 10.6. The maximum atomic E-state index is 10.4. The quantitative estimate of drug-likeness (QED) is 0.539. The van der Waals surface area contributed by atoms with E-state index in [-0.39, 0.29) is 6.04 Å². The highest BCUT2D eigenvalue weighted by molar-refractivity contribution is 5.63. The number of hydrogen-bond donors (Lipinski definition) is 2. The van der Waals surface area contributed by atoms with Crippen LogP contribution in [0.5, 0.6) is 0 Å². The van der Waals surface area contributed by atoms with Gasteiger partial charge in [-0.2, -0.15) is 5.06 Å². The van der Waals surface area contributed by atoms with Crippen molar-refractivity contribution in [2.75, 3.05) is 13.2 Å². The van der Waals surface area contributed by atoms with Crippen LogP contribution in [0.2, 0.25) is 0 Å². The van der Waals surface area contributed by atoms with Crippen molar-refractivity contribution in [1.82, 2.24) is 5.06 Å². The Morgan fingerprint density at radius 1 is 1.71 bits per heavy atom. The molecule has 1 rings (SSSR count). The van der Waals surface area contributed by atoms with Crippen molar-refractivity contribution in [1.29, 1.82) is 0 Å². The maximum absolute atomic E-state index is 10.4. The minimum Gasteiger partial charge on any atom is -0.463 e. The molecule has 1 aliphatic heterocycles. The zero-order valence-corrected chi connectivity index (χ0v) is 8.35. The van der Waals surface area contributed by atoms with E-state index in [1.54, 1.807) is 6.92 Å². The molecule has 0 radical (unpaired) electrons. The van der Waals surface area contributed by atoms with Crippen molar-refractivity contribution in [3.63, 3.8) is 0 Å². The van der Waals surface area contributed by atoms with Crippen LogP contribution in [0.25, 0.3) is 0 Å². The fourth-order valence-electron chi connectivity index (χ4n) is 1.76. The summed E-state index contributed by atoms with van der Waals surface area (Å²) < 4.78 is 5.28. The van der Waals surface area contributed by atoms with E-state index < -0.39 is 6.09 Å². The highest BCUT2D eigenvalue weighted by atomic mass is 16.6. The molecule has 2 N–H and O–H groups in total. The summed E-state index contributed by atoms with van der Waals surface area (Å²) in [4.78, 5) is 10.4. The number of carboxylic acid groups (broad SMARTS) is 1. The summed E-state index contributed by atoms with van der Waals surface area (Å²) in [5.41, 5.74) is 0. The Labute approximate surface area is 83.2 Å². The number of nitrogens with zero attached hydrogens (tertiary/aromatic N) is 1. The lowest BCUT2D eigenvalue weighted by Gasteiger charge is -2.27. The van der Waals surface area contributed by atoms with Crippen LogP contribution in [0, 0.1) is 5.92 Å². The summed E-state index contributed by atoms with van der Waals surface area (Å²) in [6.45, 7) is 3.17. The number of carbonyl (C=O) groups is 1. The van der Waals surface area contributed by atoms with Gasteiger partial charge in [-0.25, -0.2) is 4.79 Å². The number of hydroxylamine groups is 2.